The largest absolute Gasteiger partial charge is 0.507 e. The fourth-order valence-corrected chi connectivity index (χ4v) is 13.6. The summed E-state index contributed by atoms with van der Waals surface area (Å²) in [5, 5.41) is 34.1. The number of phenolic OH excluding ortho intramolecular Hbond substituents is 1. The Labute approximate surface area is 424 Å². The molecule has 7 heterocycles. The van der Waals surface area contributed by atoms with Crippen molar-refractivity contribution in [3.8, 4) is 27.4 Å². The van der Waals surface area contributed by atoms with Gasteiger partial charge in [-0.1, -0.05) is 57.2 Å². The molecule has 15 nitrogen and oxygen atoms in total. The average Bonchev–Trinajstić information content (AvgIpc) is 4.08. The third-order valence-corrected chi connectivity index (χ3v) is 17.9. The SMILES string of the molecule is Cc1ncsc1-c1ccc(CNC(=O)[C@@H]2C[C@@H](O)CN2C(=O)[C@@H](CC(=O)C2CC3(C2)CC(N2CCC(c4cnc(N5CCc6[nH]c7nnc(-c8ccccc8O)cc7c6[C@H]5C)nc4)CC2)C3)C(C)(C)C)cc1. The van der Waals surface area contributed by atoms with Crippen molar-refractivity contribution in [1.82, 2.24) is 45.2 Å². The van der Waals surface area contributed by atoms with Crippen molar-refractivity contribution in [3.05, 3.63) is 101 Å². The number of aliphatic hydroxyl groups excluding tert-OH is 1. The lowest BCUT2D eigenvalue weighted by Gasteiger charge is -2.60. The van der Waals surface area contributed by atoms with Crippen molar-refractivity contribution < 1.29 is 24.6 Å². The number of anilines is 1. The molecule has 2 saturated carbocycles. The number of aliphatic hydroxyl groups is 1. The predicted octanol–water partition coefficient (Wildman–Crippen LogP) is 8.31. The molecule has 4 aromatic heterocycles. The molecular weight excluding hydrogens is 925 g/mol. The molecule has 4 atom stereocenters. The van der Waals surface area contributed by atoms with Crippen LogP contribution in [0.25, 0.3) is 32.7 Å². The molecular formula is C56H66N10O5S. The zero-order valence-electron chi connectivity index (χ0n) is 42.0. The minimum Gasteiger partial charge on any atom is -0.507 e. The van der Waals surface area contributed by atoms with Crippen LogP contribution in [0.3, 0.4) is 0 Å². The number of hydrogen-bond acceptors (Lipinski definition) is 13. The van der Waals surface area contributed by atoms with E-state index in [4.69, 9.17) is 9.97 Å². The number of amides is 2. The number of likely N-dealkylation sites (tertiary alicyclic amines) is 2. The molecule has 2 aliphatic carbocycles. The van der Waals surface area contributed by atoms with E-state index in [-0.39, 0.29) is 60.1 Å². The van der Waals surface area contributed by atoms with Crippen LogP contribution in [0.4, 0.5) is 5.95 Å². The van der Waals surface area contributed by atoms with Gasteiger partial charge in [0.25, 0.3) is 0 Å². The number of para-hydroxylation sites is 1. The fraction of sp³-hybridized carbons (Fsp3) is 0.500. The second kappa shape index (κ2) is 19.1. The number of benzene rings is 2. The molecule has 0 bridgehead atoms. The summed E-state index contributed by atoms with van der Waals surface area (Å²) in [5.74, 6) is 0.316. The van der Waals surface area contributed by atoms with Gasteiger partial charge in [-0.25, -0.2) is 15.0 Å². The zero-order valence-corrected chi connectivity index (χ0v) is 42.8. The van der Waals surface area contributed by atoms with E-state index >= 15 is 0 Å². The van der Waals surface area contributed by atoms with Gasteiger partial charge in [-0.05, 0) is 117 Å². The number of carbonyl (C=O) groups excluding carboxylic acids is 3. The Hall–Kier alpha value is -6.10. The average molecular weight is 991 g/mol. The summed E-state index contributed by atoms with van der Waals surface area (Å²) in [7, 11) is 0. The standard InChI is InChI=1S/C56H66N10O5S/c1-32-50(72-31-60-32)36-12-10-34(11-13-36)27-57-52(70)46-20-40(67)30-66(46)53(71)43(55(3,4)5)22-48(69)37-23-56(24-37)25-39(26-56)64-17-14-35(15-18-64)38-28-58-54(59-29-38)65-19-16-44-49(33(65)2)42-21-45(62-63-51(42)61-44)41-8-6-7-9-47(41)68/h6-13,21,28-29,31,33,35,37,39-40,43,46,67-68H,14-20,22-27,30H2,1-5H3,(H,57,70)(H,61,63)/t33-,37?,39?,40-,43-,46+,56?/m1/s1. The van der Waals surface area contributed by atoms with Crippen LogP contribution in [-0.2, 0) is 27.3 Å². The highest BCUT2D eigenvalue weighted by molar-refractivity contribution is 7.13. The van der Waals surface area contributed by atoms with Gasteiger partial charge >= 0.3 is 0 Å². The van der Waals surface area contributed by atoms with Gasteiger partial charge in [0.05, 0.1) is 33.9 Å². The smallest absolute Gasteiger partial charge is 0.243 e. The van der Waals surface area contributed by atoms with E-state index in [1.165, 1.54) is 16.0 Å². The number of aromatic nitrogens is 6. The number of thiazole rings is 1. The number of rotatable bonds is 12. The van der Waals surface area contributed by atoms with Crippen LogP contribution in [0, 0.1) is 29.6 Å². The summed E-state index contributed by atoms with van der Waals surface area (Å²) in [6.45, 7) is 13.4. The molecule has 5 aliphatic rings. The minimum absolute atomic E-state index is 0.0172. The number of Topliss-reactive ketones (excluding diaryl/α,β-unsaturated/α-hetero) is 1. The van der Waals surface area contributed by atoms with Crippen molar-refractivity contribution in [2.45, 2.75) is 129 Å². The molecule has 16 heteroatoms. The first kappa shape index (κ1) is 48.2. The molecule has 0 unspecified atom stereocenters. The molecule has 4 fully saturated rings. The Morgan fingerprint density at radius 3 is 2.39 bits per heavy atom. The second-order valence-corrected chi connectivity index (χ2v) is 23.5. The minimum atomic E-state index is -0.801. The van der Waals surface area contributed by atoms with Crippen LogP contribution < -0.4 is 10.2 Å². The normalized spacial score (nSPS) is 25.0. The van der Waals surface area contributed by atoms with E-state index < -0.39 is 23.5 Å². The number of H-pyrrole nitrogens is 1. The highest BCUT2D eigenvalue weighted by Crippen LogP contribution is 2.61. The van der Waals surface area contributed by atoms with Gasteiger partial charge in [0.2, 0.25) is 17.8 Å². The molecule has 4 N–H and O–H groups in total. The van der Waals surface area contributed by atoms with Gasteiger partial charge in [0.15, 0.2) is 5.65 Å². The van der Waals surface area contributed by atoms with Gasteiger partial charge < -0.3 is 35.2 Å². The molecule has 2 amide bonds. The Bertz CT molecular complexity index is 2980. The number of nitrogens with one attached hydrogen (secondary N) is 2. The summed E-state index contributed by atoms with van der Waals surface area (Å²) in [5.41, 5.74) is 10.1. The number of aromatic amines is 1. The number of fused-ring (bicyclic) bond motifs is 3. The molecule has 2 aromatic carbocycles. The summed E-state index contributed by atoms with van der Waals surface area (Å²) in [4.78, 5) is 67.2. The molecule has 72 heavy (non-hydrogen) atoms. The van der Waals surface area contributed by atoms with Crippen LogP contribution in [0.15, 0.2) is 72.5 Å². The van der Waals surface area contributed by atoms with Crippen LogP contribution >= 0.6 is 11.3 Å². The Morgan fingerprint density at radius 2 is 1.69 bits per heavy atom. The quantitative estimate of drug-likeness (QED) is 0.0918. The monoisotopic (exact) mass is 990 g/mol. The maximum atomic E-state index is 14.4. The van der Waals surface area contributed by atoms with Crippen LogP contribution in [0.5, 0.6) is 5.75 Å². The number of aryl methyl sites for hydroxylation is 1. The second-order valence-electron chi connectivity index (χ2n) is 22.6. The third kappa shape index (κ3) is 9.19. The van der Waals surface area contributed by atoms with E-state index in [1.807, 2.05) is 88.1 Å². The fourth-order valence-electron chi connectivity index (χ4n) is 12.7. The highest BCUT2D eigenvalue weighted by atomic mass is 32.1. The molecule has 2 saturated heterocycles. The number of β-amino-alcohol motifs (C(OH)–C–C–N with tert-alkyl or cyclic N) is 1. The molecule has 1 spiro atoms. The number of ketones is 1. The highest BCUT2D eigenvalue weighted by Gasteiger charge is 2.56. The van der Waals surface area contributed by atoms with Crippen LogP contribution in [-0.4, -0.2) is 112 Å². The lowest BCUT2D eigenvalue weighted by atomic mass is 9.48. The number of aromatic hydroxyl groups is 1. The van der Waals surface area contributed by atoms with Crippen molar-refractivity contribution in [1.29, 1.82) is 0 Å². The van der Waals surface area contributed by atoms with E-state index in [9.17, 15) is 24.6 Å². The van der Waals surface area contributed by atoms with E-state index in [0.29, 0.717) is 29.8 Å². The maximum Gasteiger partial charge on any atom is 0.243 e. The molecule has 3 aliphatic heterocycles. The molecule has 376 valence electrons. The van der Waals surface area contributed by atoms with Crippen LogP contribution in [0.1, 0.15) is 119 Å². The van der Waals surface area contributed by atoms with E-state index in [0.717, 1.165) is 109 Å². The first-order chi connectivity index (χ1) is 34.6. The first-order valence-corrected chi connectivity index (χ1v) is 26.8. The number of piperidine rings is 1. The first-order valence-electron chi connectivity index (χ1n) is 25.9. The van der Waals surface area contributed by atoms with Crippen molar-refractivity contribution in [2.24, 2.45) is 22.7 Å². The predicted molar refractivity (Wildman–Crippen MR) is 277 cm³/mol. The third-order valence-electron chi connectivity index (χ3n) is 17.0. The summed E-state index contributed by atoms with van der Waals surface area (Å²) < 4.78 is 0. The number of nitrogens with zero attached hydrogens (tertiary/aromatic N) is 8. The molecule has 11 rings (SSSR count). The molecule has 6 aromatic rings. The summed E-state index contributed by atoms with van der Waals surface area (Å²) >= 11 is 1.60. The Morgan fingerprint density at radius 1 is 0.958 bits per heavy atom. The van der Waals surface area contributed by atoms with Crippen molar-refractivity contribution in [3.63, 3.8) is 0 Å². The topological polar surface area (TPSA) is 194 Å². The van der Waals surface area contributed by atoms with Gasteiger partial charge in [-0.3, -0.25) is 14.4 Å². The number of hydrogen-bond donors (Lipinski definition) is 4. The summed E-state index contributed by atoms with van der Waals surface area (Å²) in [6, 6.07) is 17.0. The van der Waals surface area contributed by atoms with Crippen molar-refractivity contribution in [2.75, 3.05) is 31.1 Å². The van der Waals surface area contributed by atoms with Crippen LogP contribution in [0.2, 0.25) is 0 Å². The van der Waals surface area contributed by atoms with E-state index in [1.54, 1.807) is 23.5 Å². The van der Waals surface area contributed by atoms with Gasteiger partial charge in [-0.2, -0.15) is 0 Å². The summed E-state index contributed by atoms with van der Waals surface area (Å²) in [6.07, 6.45) is 10.5. The van der Waals surface area contributed by atoms with Crippen molar-refractivity contribution >= 4 is 45.9 Å². The zero-order chi connectivity index (χ0) is 50.1. The Kier molecular flexibility index (Phi) is 12.8. The van der Waals surface area contributed by atoms with Gasteiger partial charge in [-0.15, -0.1) is 21.5 Å². The maximum absolute atomic E-state index is 14.4. The van der Waals surface area contributed by atoms with Gasteiger partial charge in [0, 0.05) is 91.4 Å². The molecule has 0 radical (unpaired) electrons. The number of carbonyl (C=O) groups is 3. The van der Waals surface area contributed by atoms with E-state index in [2.05, 4.69) is 42.2 Å². The Balaban J connectivity index is 0.644. The lowest BCUT2D eigenvalue weighted by Crippen LogP contribution is -2.58. The van der Waals surface area contributed by atoms with Gasteiger partial charge in [0.1, 0.15) is 17.6 Å². The number of phenols is 1. The lowest BCUT2D eigenvalue weighted by molar-refractivity contribution is -0.151.